The van der Waals surface area contributed by atoms with Crippen molar-refractivity contribution >= 4 is 6.41 Å². The highest BCUT2D eigenvalue weighted by molar-refractivity contribution is 5.48. The number of carbonyl (C=O) groups excluding carboxylic acids is 1. The molecule has 2 nitrogen and oxygen atoms in total. The molecule has 0 aromatic heterocycles. The first-order valence-electron chi connectivity index (χ1n) is 7.06. The second-order valence-electron chi connectivity index (χ2n) is 7.44. The van der Waals surface area contributed by atoms with Gasteiger partial charge < -0.3 is 5.32 Å². The average molecular weight is 259 g/mol. The van der Waals surface area contributed by atoms with Gasteiger partial charge in [0.15, 0.2) is 0 Å². The molecule has 1 aliphatic rings. The zero-order chi connectivity index (χ0) is 14.1. The molecule has 1 N–H and O–H groups in total. The second kappa shape index (κ2) is 4.66. The van der Waals surface area contributed by atoms with E-state index in [1.165, 1.54) is 5.56 Å². The Balaban J connectivity index is 2.37. The second-order valence-corrected chi connectivity index (χ2v) is 7.44. The van der Waals surface area contributed by atoms with E-state index in [9.17, 15) is 4.79 Å². The molecule has 1 aromatic carbocycles. The monoisotopic (exact) mass is 259 g/mol. The molecule has 1 aliphatic carbocycles. The maximum Gasteiger partial charge on any atom is 0.207 e. The highest BCUT2D eigenvalue weighted by Crippen LogP contribution is 2.51. The smallest absolute Gasteiger partial charge is 0.207 e. The van der Waals surface area contributed by atoms with Crippen molar-refractivity contribution < 1.29 is 4.79 Å². The fraction of sp³-hybridized carbons (Fsp3) is 0.588. The first kappa shape index (κ1) is 14.1. The van der Waals surface area contributed by atoms with Crippen molar-refractivity contribution in [3.05, 3.63) is 35.9 Å². The zero-order valence-corrected chi connectivity index (χ0v) is 12.5. The predicted molar refractivity (Wildman–Crippen MR) is 79.0 cm³/mol. The van der Waals surface area contributed by atoms with E-state index in [0.717, 1.165) is 25.7 Å². The Labute approximate surface area is 116 Å². The van der Waals surface area contributed by atoms with E-state index >= 15 is 0 Å². The number of nitrogens with one attached hydrogen (secondary N) is 1. The zero-order valence-electron chi connectivity index (χ0n) is 12.5. The molecule has 2 atom stereocenters. The summed E-state index contributed by atoms with van der Waals surface area (Å²) in [5.41, 5.74) is 1.61. The number of rotatable bonds is 3. The van der Waals surface area contributed by atoms with Crippen LogP contribution in [-0.4, -0.2) is 11.9 Å². The van der Waals surface area contributed by atoms with E-state index in [1.807, 2.05) is 0 Å². The van der Waals surface area contributed by atoms with Crippen LogP contribution in [0.25, 0.3) is 0 Å². The maximum atomic E-state index is 10.9. The molecule has 0 bridgehead atoms. The molecule has 2 heteroatoms. The van der Waals surface area contributed by atoms with Gasteiger partial charge in [0.1, 0.15) is 0 Å². The van der Waals surface area contributed by atoms with E-state index in [0.29, 0.717) is 0 Å². The SMILES string of the molecule is CC1(C)C[C@@](C)(NC=O)C[C@@](C)(c2ccccc2)C1. The molecule has 19 heavy (non-hydrogen) atoms. The van der Waals surface area contributed by atoms with Gasteiger partial charge in [0.2, 0.25) is 6.41 Å². The Kier molecular flexibility index (Phi) is 3.46. The van der Waals surface area contributed by atoms with Crippen LogP contribution in [-0.2, 0) is 10.2 Å². The summed E-state index contributed by atoms with van der Waals surface area (Å²) in [6, 6.07) is 10.7. The topological polar surface area (TPSA) is 29.1 Å². The molecule has 0 spiro atoms. The van der Waals surface area contributed by atoms with Crippen LogP contribution in [0, 0.1) is 5.41 Å². The van der Waals surface area contributed by atoms with Gasteiger partial charge >= 0.3 is 0 Å². The predicted octanol–water partition coefficient (Wildman–Crippen LogP) is 3.66. The summed E-state index contributed by atoms with van der Waals surface area (Å²) in [6.45, 7) is 9.10. The van der Waals surface area contributed by atoms with E-state index in [4.69, 9.17) is 0 Å². The average Bonchev–Trinajstić information content (AvgIpc) is 2.26. The molecule has 1 fully saturated rings. The number of hydrogen-bond acceptors (Lipinski definition) is 1. The highest BCUT2D eigenvalue weighted by Gasteiger charge is 2.47. The maximum absolute atomic E-state index is 10.9. The van der Waals surface area contributed by atoms with Crippen LogP contribution in [0.5, 0.6) is 0 Å². The fourth-order valence-corrected chi connectivity index (χ4v) is 4.45. The number of benzene rings is 1. The summed E-state index contributed by atoms with van der Waals surface area (Å²) in [5.74, 6) is 0. The van der Waals surface area contributed by atoms with Crippen molar-refractivity contribution in [3.63, 3.8) is 0 Å². The number of amides is 1. The minimum absolute atomic E-state index is 0.117. The van der Waals surface area contributed by atoms with E-state index in [1.54, 1.807) is 0 Å². The van der Waals surface area contributed by atoms with Crippen LogP contribution < -0.4 is 5.32 Å². The first-order valence-corrected chi connectivity index (χ1v) is 7.06. The van der Waals surface area contributed by atoms with Crippen LogP contribution in [0.15, 0.2) is 30.3 Å². The lowest BCUT2D eigenvalue weighted by molar-refractivity contribution is -0.112. The summed E-state index contributed by atoms with van der Waals surface area (Å²) in [5, 5.41) is 3.06. The van der Waals surface area contributed by atoms with Gasteiger partial charge in [-0.05, 0) is 42.6 Å². The van der Waals surface area contributed by atoms with Crippen LogP contribution in [0.4, 0.5) is 0 Å². The molecule has 1 aromatic rings. The Bertz CT molecular complexity index is 454. The third kappa shape index (κ3) is 2.99. The summed E-state index contributed by atoms with van der Waals surface area (Å²) < 4.78 is 0. The number of carbonyl (C=O) groups is 1. The van der Waals surface area contributed by atoms with Gasteiger partial charge in [-0.15, -0.1) is 0 Å². The molecule has 0 saturated heterocycles. The van der Waals surface area contributed by atoms with Gasteiger partial charge in [-0.3, -0.25) is 4.79 Å². The molecule has 0 radical (unpaired) electrons. The lowest BCUT2D eigenvalue weighted by atomic mass is 9.56. The number of hydrogen-bond donors (Lipinski definition) is 1. The van der Waals surface area contributed by atoms with Crippen molar-refractivity contribution in [1.29, 1.82) is 0 Å². The molecule has 104 valence electrons. The normalized spacial score (nSPS) is 33.7. The van der Waals surface area contributed by atoms with Crippen molar-refractivity contribution in [1.82, 2.24) is 5.32 Å². The van der Waals surface area contributed by atoms with E-state index in [-0.39, 0.29) is 16.4 Å². The van der Waals surface area contributed by atoms with Crippen LogP contribution >= 0.6 is 0 Å². The van der Waals surface area contributed by atoms with E-state index in [2.05, 4.69) is 63.3 Å². The van der Waals surface area contributed by atoms with Gasteiger partial charge in [0.05, 0.1) is 0 Å². The molecular formula is C17H25NO. The lowest BCUT2D eigenvalue weighted by Gasteiger charge is -2.52. The van der Waals surface area contributed by atoms with Gasteiger partial charge in [-0.25, -0.2) is 0 Å². The molecule has 0 unspecified atom stereocenters. The Morgan fingerprint density at radius 1 is 1.00 bits per heavy atom. The van der Waals surface area contributed by atoms with Gasteiger partial charge in [-0.2, -0.15) is 0 Å². The molecule has 0 heterocycles. The molecule has 0 aliphatic heterocycles. The fourth-order valence-electron chi connectivity index (χ4n) is 4.45. The van der Waals surface area contributed by atoms with Crippen LogP contribution in [0.3, 0.4) is 0 Å². The Hall–Kier alpha value is -1.31. The quantitative estimate of drug-likeness (QED) is 0.825. The largest absolute Gasteiger partial charge is 0.353 e. The van der Waals surface area contributed by atoms with Crippen molar-refractivity contribution in [2.24, 2.45) is 5.41 Å². The lowest BCUT2D eigenvalue weighted by Crippen LogP contribution is -2.54. The van der Waals surface area contributed by atoms with Crippen LogP contribution in [0.1, 0.15) is 52.5 Å². The molecule has 1 saturated carbocycles. The molecule has 2 rings (SSSR count). The minimum Gasteiger partial charge on any atom is -0.353 e. The third-order valence-electron chi connectivity index (χ3n) is 4.40. The Morgan fingerprint density at radius 3 is 2.21 bits per heavy atom. The third-order valence-corrected chi connectivity index (χ3v) is 4.40. The minimum atomic E-state index is -0.117. The molecule has 1 amide bonds. The van der Waals surface area contributed by atoms with Crippen molar-refractivity contribution in [2.75, 3.05) is 0 Å². The standard InChI is InChI=1S/C17H25NO/c1-15(2)10-16(3,14-8-6-5-7-9-14)12-17(4,11-15)18-13-19/h5-9,13H,10-12H2,1-4H3,(H,18,19)/t16-,17+/m0/s1. The van der Waals surface area contributed by atoms with Crippen molar-refractivity contribution in [3.8, 4) is 0 Å². The molecular weight excluding hydrogens is 234 g/mol. The van der Waals surface area contributed by atoms with Gasteiger partial charge in [0.25, 0.3) is 0 Å². The van der Waals surface area contributed by atoms with Crippen LogP contribution in [0.2, 0.25) is 0 Å². The highest BCUT2D eigenvalue weighted by atomic mass is 16.1. The summed E-state index contributed by atoms with van der Waals surface area (Å²) >= 11 is 0. The summed E-state index contributed by atoms with van der Waals surface area (Å²) in [6.07, 6.45) is 4.03. The Morgan fingerprint density at radius 2 is 1.63 bits per heavy atom. The van der Waals surface area contributed by atoms with E-state index < -0.39 is 0 Å². The summed E-state index contributed by atoms with van der Waals surface area (Å²) in [4.78, 5) is 10.9. The summed E-state index contributed by atoms with van der Waals surface area (Å²) in [7, 11) is 0. The van der Waals surface area contributed by atoms with Crippen molar-refractivity contribution in [2.45, 2.75) is 57.9 Å². The first-order chi connectivity index (χ1) is 8.79. The van der Waals surface area contributed by atoms with Gasteiger partial charge in [0, 0.05) is 5.54 Å². The van der Waals surface area contributed by atoms with Gasteiger partial charge in [-0.1, -0.05) is 51.1 Å².